The van der Waals surface area contributed by atoms with Gasteiger partial charge in [-0.15, -0.1) is 0 Å². The average molecular weight is 579 g/mol. The predicted molar refractivity (Wildman–Crippen MR) is 177 cm³/mol. The molecule has 0 fully saturated rings. The molecule has 5 aromatic carbocycles. The van der Waals surface area contributed by atoms with Crippen LogP contribution in [0.5, 0.6) is 0 Å². The van der Waals surface area contributed by atoms with Crippen molar-refractivity contribution in [3.63, 3.8) is 0 Å². The van der Waals surface area contributed by atoms with Crippen molar-refractivity contribution in [1.82, 2.24) is 0 Å². The number of Topliss-reactive ketones (excluding diaryl/α,β-unsaturated/α-hetero) is 1. The van der Waals surface area contributed by atoms with Crippen LogP contribution in [0.15, 0.2) is 151 Å². The molecule has 0 bridgehead atoms. The van der Waals surface area contributed by atoms with Gasteiger partial charge in [0, 0.05) is 23.0 Å². The smallest absolute Gasteiger partial charge is 0.159 e. The van der Waals surface area contributed by atoms with E-state index in [-0.39, 0.29) is 5.78 Å². The quantitative estimate of drug-likeness (QED) is 0.141. The monoisotopic (exact) mass is 578 g/mol. The van der Waals surface area contributed by atoms with E-state index in [1.54, 1.807) is 6.92 Å². The summed E-state index contributed by atoms with van der Waals surface area (Å²) in [4.78, 5) is 12.1. The molecule has 0 saturated heterocycles. The van der Waals surface area contributed by atoms with E-state index < -0.39 is 12.1 Å². The Hall–Kier alpha value is -3.19. The van der Waals surface area contributed by atoms with E-state index >= 15 is 0 Å². The number of ketones is 1. The zero-order valence-corrected chi connectivity index (χ0v) is 25.0. The Bertz CT molecular complexity index is 1610. The molecule has 0 aromatic heterocycles. The summed E-state index contributed by atoms with van der Waals surface area (Å²) in [6.45, 7) is 1.59. The van der Waals surface area contributed by atoms with Crippen LogP contribution in [0.1, 0.15) is 22.8 Å². The summed E-state index contributed by atoms with van der Waals surface area (Å²) in [5, 5.41) is 5.51. The number of rotatable bonds is 8. The van der Waals surface area contributed by atoms with Gasteiger partial charge in [-0.1, -0.05) is 169 Å². The lowest BCUT2D eigenvalue weighted by Gasteiger charge is -2.30. The van der Waals surface area contributed by atoms with Crippen LogP contribution in [0.3, 0.4) is 0 Å². The standard InChI is InChI=1S/C34H28OP2S2/c1-27(35)28-22-24-29(25-23-28)34(37(39,32-18-10-4-11-19-32)33-20-12-5-13-21-33)26-36(38,30-14-6-2-7-15-30)31-16-8-3-9-17-31/h2-26H,1H3/b34-26-. The molecule has 0 saturated carbocycles. The highest BCUT2D eigenvalue weighted by molar-refractivity contribution is 8.28. The lowest BCUT2D eigenvalue weighted by molar-refractivity contribution is 0.101. The Morgan fingerprint density at radius 1 is 0.513 bits per heavy atom. The lowest BCUT2D eigenvalue weighted by Crippen LogP contribution is -2.19. The first-order valence-corrected chi connectivity index (χ1v) is 18.4. The van der Waals surface area contributed by atoms with Gasteiger partial charge in [-0.3, -0.25) is 4.79 Å². The van der Waals surface area contributed by atoms with E-state index in [9.17, 15) is 4.79 Å². The predicted octanol–water partition coefficient (Wildman–Crippen LogP) is 7.45. The fraction of sp³-hybridized carbons (Fsp3) is 0.0294. The highest BCUT2D eigenvalue weighted by atomic mass is 32.4. The van der Waals surface area contributed by atoms with Crippen LogP contribution in [0, 0.1) is 0 Å². The number of benzene rings is 5. The molecular formula is C34H28OP2S2. The Morgan fingerprint density at radius 3 is 1.21 bits per heavy atom. The van der Waals surface area contributed by atoms with Crippen LogP contribution in [-0.2, 0) is 23.6 Å². The number of hydrogen-bond acceptors (Lipinski definition) is 3. The van der Waals surface area contributed by atoms with E-state index in [1.807, 2.05) is 48.5 Å². The van der Waals surface area contributed by atoms with Crippen molar-refractivity contribution in [1.29, 1.82) is 0 Å². The SMILES string of the molecule is CC(=O)c1ccc(/C(=C/P(=S)(c2ccccc2)c2ccccc2)P(=S)(c2ccccc2)c2ccccc2)cc1. The average Bonchev–Trinajstić information content (AvgIpc) is 3.01. The first-order valence-electron chi connectivity index (χ1n) is 12.7. The molecule has 0 heterocycles. The van der Waals surface area contributed by atoms with Crippen molar-refractivity contribution in [3.05, 3.63) is 163 Å². The molecule has 0 N–H and O–H groups in total. The summed E-state index contributed by atoms with van der Waals surface area (Å²) in [6, 6.07) is 44.5. The minimum absolute atomic E-state index is 0.0383. The summed E-state index contributed by atoms with van der Waals surface area (Å²) in [7, 11) is 0. The Labute approximate surface area is 241 Å². The molecular weight excluding hydrogens is 550 g/mol. The van der Waals surface area contributed by atoms with Crippen LogP contribution >= 0.6 is 12.1 Å². The fourth-order valence-corrected chi connectivity index (χ4v) is 13.5. The van der Waals surface area contributed by atoms with Crippen LogP contribution in [0.2, 0.25) is 0 Å². The lowest BCUT2D eigenvalue weighted by atomic mass is 10.1. The number of carbonyl (C=O) groups is 1. The maximum Gasteiger partial charge on any atom is 0.159 e. The summed E-state index contributed by atoms with van der Waals surface area (Å²) in [5.41, 5.74) is 1.67. The zero-order chi connectivity index (χ0) is 27.3. The zero-order valence-electron chi connectivity index (χ0n) is 21.6. The Morgan fingerprint density at radius 2 is 0.846 bits per heavy atom. The summed E-state index contributed by atoms with van der Waals surface area (Å²) >= 11 is 13.5. The van der Waals surface area contributed by atoms with Gasteiger partial charge in [0.15, 0.2) is 5.78 Å². The van der Waals surface area contributed by atoms with Crippen LogP contribution in [0.25, 0.3) is 5.31 Å². The second-order valence-corrected chi connectivity index (χ2v) is 18.0. The van der Waals surface area contributed by atoms with Gasteiger partial charge < -0.3 is 0 Å². The van der Waals surface area contributed by atoms with Gasteiger partial charge in [-0.2, -0.15) is 0 Å². The maximum atomic E-state index is 12.1. The summed E-state index contributed by atoms with van der Waals surface area (Å²) in [6.07, 6.45) is 0. The van der Waals surface area contributed by atoms with E-state index in [4.69, 9.17) is 23.6 Å². The van der Waals surface area contributed by atoms with E-state index in [0.717, 1.165) is 32.1 Å². The van der Waals surface area contributed by atoms with Gasteiger partial charge in [-0.05, 0) is 39.5 Å². The third kappa shape index (κ3) is 5.60. The second kappa shape index (κ2) is 11.9. The van der Waals surface area contributed by atoms with Crippen LogP contribution in [-0.4, -0.2) is 5.78 Å². The van der Waals surface area contributed by atoms with E-state index in [0.29, 0.717) is 5.56 Å². The maximum absolute atomic E-state index is 12.1. The molecule has 0 radical (unpaired) electrons. The largest absolute Gasteiger partial charge is 0.295 e. The van der Waals surface area contributed by atoms with Gasteiger partial charge in [0.1, 0.15) is 0 Å². The highest BCUT2D eigenvalue weighted by Gasteiger charge is 2.31. The van der Waals surface area contributed by atoms with Gasteiger partial charge >= 0.3 is 0 Å². The molecule has 192 valence electrons. The topological polar surface area (TPSA) is 17.1 Å². The van der Waals surface area contributed by atoms with Gasteiger partial charge in [0.25, 0.3) is 0 Å². The minimum atomic E-state index is -2.56. The Balaban J connectivity index is 1.89. The van der Waals surface area contributed by atoms with Crippen molar-refractivity contribution >= 4 is 68.0 Å². The Kier molecular flexibility index (Phi) is 8.36. The third-order valence-corrected chi connectivity index (χ3v) is 16.3. The fourth-order valence-electron chi connectivity index (χ4n) is 4.69. The normalized spacial score (nSPS) is 12.2. The molecule has 0 aliphatic carbocycles. The number of carbonyl (C=O) groups excluding carboxylic acids is 1. The molecule has 0 atom stereocenters. The van der Waals surface area contributed by atoms with Gasteiger partial charge in [-0.25, -0.2) is 0 Å². The van der Waals surface area contributed by atoms with E-state index in [1.165, 1.54) is 0 Å². The molecule has 0 unspecified atom stereocenters. The van der Waals surface area contributed by atoms with Gasteiger partial charge in [0.2, 0.25) is 0 Å². The first-order chi connectivity index (χ1) is 18.9. The van der Waals surface area contributed by atoms with Crippen LogP contribution in [0.4, 0.5) is 0 Å². The van der Waals surface area contributed by atoms with Gasteiger partial charge in [0.05, 0.1) is 0 Å². The molecule has 0 aliphatic heterocycles. The third-order valence-electron chi connectivity index (χ3n) is 6.75. The molecule has 0 amide bonds. The van der Waals surface area contributed by atoms with Crippen molar-refractivity contribution < 1.29 is 4.79 Å². The first kappa shape index (κ1) is 27.4. The highest BCUT2D eigenvalue weighted by Crippen LogP contribution is 2.61. The molecule has 0 aliphatic rings. The number of hydrogen-bond donors (Lipinski definition) is 0. The van der Waals surface area contributed by atoms with Crippen molar-refractivity contribution in [2.45, 2.75) is 6.92 Å². The second-order valence-electron chi connectivity index (χ2n) is 9.26. The molecule has 1 nitrogen and oxygen atoms in total. The molecule has 39 heavy (non-hydrogen) atoms. The molecule has 5 aromatic rings. The van der Waals surface area contributed by atoms with Crippen molar-refractivity contribution in [2.24, 2.45) is 0 Å². The van der Waals surface area contributed by atoms with Crippen molar-refractivity contribution in [2.75, 3.05) is 0 Å². The molecule has 5 rings (SSSR count). The van der Waals surface area contributed by atoms with E-state index in [2.05, 4.69) is 103 Å². The summed E-state index contributed by atoms with van der Waals surface area (Å²) < 4.78 is 0. The molecule has 0 spiro atoms. The minimum Gasteiger partial charge on any atom is -0.295 e. The van der Waals surface area contributed by atoms with Crippen LogP contribution < -0.4 is 21.2 Å². The molecule has 5 heteroatoms. The summed E-state index contributed by atoms with van der Waals surface area (Å²) in [5.74, 6) is 2.35. The van der Waals surface area contributed by atoms with Crippen molar-refractivity contribution in [3.8, 4) is 0 Å².